The Morgan fingerprint density at radius 2 is 1.37 bits per heavy atom. The van der Waals surface area contributed by atoms with Crippen LogP contribution in [0.25, 0.3) is 22.3 Å². The van der Waals surface area contributed by atoms with Gasteiger partial charge in [-0.3, -0.25) is 18.2 Å². The van der Waals surface area contributed by atoms with Gasteiger partial charge in [0.25, 0.3) is 0 Å². The van der Waals surface area contributed by atoms with Crippen molar-refractivity contribution in [1.82, 2.24) is 39.0 Å². The molecule has 0 amide bonds. The van der Waals surface area contributed by atoms with Crippen molar-refractivity contribution in [2.75, 3.05) is 24.7 Å². The number of nitrogens with two attached hydrogens (primary N) is 2. The Balaban J connectivity index is 1.14. The number of imidazole rings is 2. The van der Waals surface area contributed by atoms with Gasteiger partial charge in [-0.25, -0.2) is 34.5 Å². The quantitative estimate of drug-likeness (QED) is 0.101. The lowest BCUT2D eigenvalue weighted by Gasteiger charge is -2.23. The van der Waals surface area contributed by atoms with Crippen molar-refractivity contribution < 1.29 is 48.4 Å². The van der Waals surface area contributed by atoms with Crippen LogP contribution in [0.3, 0.4) is 0 Å². The van der Waals surface area contributed by atoms with Gasteiger partial charge in [-0.1, -0.05) is 0 Å². The van der Waals surface area contributed by atoms with E-state index in [-0.39, 0.29) is 34.0 Å². The Morgan fingerprint density at radius 3 is 1.93 bits per heavy atom. The molecule has 2 unspecified atom stereocenters. The van der Waals surface area contributed by atoms with Gasteiger partial charge in [-0.2, -0.15) is 0 Å². The highest BCUT2D eigenvalue weighted by Gasteiger charge is 2.50. The second-order valence-corrected chi connectivity index (χ2v) is 10.7. The van der Waals surface area contributed by atoms with E-state index in [1.165, 1.54) is 34.4 Å². The molecule has 2 aliphatic heterocycles. The van der Waals surface area contributed by atoms with Crippen LogP contribution in [0.2, 0.25) is 0 Å². The highest BCUT2D eigenvalue weighted by molar-refractivity contribution is 7.47. The van der Waals surface area contributed by atoms with Crippen LogP contribution in [-0.2, 0) is 23.1 Å². The molecular formula is C20H25N10O10P. The maximum Gasteiger partial charge on any atom is 0.472 e. The first-order valence-corrected chi connectivity index (χ1v) is 13.6. The van der Waals surface area contributed by atoms with E-state index in [9.17, 15) is 29.9 Å². The minimum Gasteiger partial charge on any atom is -0.394 e. The third-order valence-corrected chi connectivity index (χ3v) is 7.79. The van der Waals surface area contributed by atoms with Crippen LogP contribution >= 0.6 is 7.82 Å². The summed E-state index contributed by atoms with van der Waals surface area (Å²) in [6.07, 6.45) is -6.18. The molecule has 6 heterocycles. The molecule has 2 saturated heterocycles. The van der Waals surface area contributed by atoms with Crippen molar-refractivity contribution >= 4 is 41.8 Å². The first-order valence-electron chi connectivity index (χ1n) is 12.1. The first kappa shape index (κ1) is 27.7. The van der Waals surface area contributed by atoms with E-state index in [1.54, 1.807) is 0 Å². The SMILES string of the molecule is Nc1ncnc2c1ncn2C1O[C@H](COP(=O)(O)O[C@H]2[C@@H](O)[C@H](n3cnc4c(N)ncnc43)O[C@@H]2CO)[C@@H](O)[C@H]1O. The van der Waals surface area contributed by atoms with E-state index in [2.05, 4.69) is 29.9 Å². The second kappa shape index (κ2) is 10.4. The monoisotopic (exact) mass is 596 g/mol. The molecule has 0 spiro atoms. The zero-order chi connectivity index (χ0) is 29.1. The van der Waals surface area contributed by atoms with Crippen LogP contribution in [0.15, 0.2) is 25.3 Å². The van der Waals surface area contributed by atoms with Crippen LogP contribution in [0.1, 0.15) is 12.5 Å². The Hall–Kier alpha value is -3.43. The summed E-state index contributed by atoms with van der Waals surface area (Å²) in [7, 11) is -4.96. The number of nitrogens with zero attached hydrogens (tertiary/aromatic N) is 8. The molecular weight excluding hydrogens is 571 g/mol. The molecule has 0 radical (unpaired) electrons. The molecule has 20 nitrogen and oxygen atoms in total. The van der Waals surface area contributed by atoms with Crippen LogP contribution in [0.4, 0.5) is 11.6 Å². The summed E-state index contributed by atoms with van der Waals surface area (Å²) in [4.78, 5) is 34.4. The fourth-order valence-electron chi connectivity index (χ4n) is 4.79. The number of fused-ring (bicyclic) bond motifs is 2. The molecule has 41 heavy (non-hydrogen) atoms. The lowest BCUT2D eigenvalue weighted by atomic mass is 10.1. The van der Waals surface area contributed by atoms with Gasteiger partial charge in [-0.05, 0) is 0 Å². The summed E-state index contributed by atoms with van der Waals surface area (Å²) in [6.45, 7) is -1.39. The fourth-order valence-corrected chi connectivity index (χ4v) is 5.75. The molecule has 0 saturated carbocycles. The minimum absolute atomic E-state index is 0.0864. The van der Waals surface area contributed by atoms with Gasteiger partial charge in [0.15, 0.2) is 35.4 Å². The zero-order valence-corrected chi connectivity index (χ0v) is 21.7. The number of hydrogen-bond acceptors (Lipinski definition) is 17. The van der Waals surface area contributed by atoms with Crippen molar-refractivity contribution in [1.29, 1.82) is 0 Å². The number of nitrogen functional groups attached to an aromatic ring is 2. The van der Waals surface area contributed by atoms with E-state index >= 15 is 0 Å². The van der Waals surface area contributed by atoms with Crippen molar-refractivity contribution in [3.8, 4) is 0 Å². The molecule has 9 N–H and O–H groups in total. The molecule has 4 aromatic rings. The van der Waals surface area contributed by atoms with Crippen LogP contribution in [0.5, 0.6) is 0 Å². The fraction of sp³-hybridized carbons (Fsp3) is 0.500. The number of aliphatic hydroxyl groups excluding tert-OH is 4. The van der Waals surface area contributed by atoms with Gasteiger partial charge in [0.05, 0.1) is 25.9 Å². The number of phosphoric ester groups is 1. The number of rotatable bonds is 8. The number of anilines is 2. The highest BCUT2D eigenvalue weighted by atomic mass is 31.2. The Bertz CT molecular complexity index is 1620. The molecule has 0 aromatic carbocycles. The van der Waals surface area contributed by atoms with Gasteiger partial charge >= 0.3 is 7.82 Å². The summed E-state index contributed by atoms with van der Waals surface area (Å²) in [6, 6.07) is 0. The van der Waals surface area contributed by atoms with Crippen molar-refractivity contribution in [3.63, 3.8) is 0 Å². The van der Waals surface area contributed by atoms with E-state index < -0.39 is 70.1 Å². The Morgan fingerprint density at radius 1 is 0.829 bits per heavy atom. The first-order chi connectivity index (χ1) is 19.6. The molecule has 21 heteroatoms. The summed E-state index contributed by atoms with van der Waals surface area (Å²) < 4.78 is 37.1. The van der Waals surface area contributed by atoms with Crippen molar-refractivity contribution in [2.24, 2.45) is 0 Å². The minimum atomic E-state index is -4.96. The summed E-state index contributed by atoms with van der Waals surface area (Å²) in [5.41, 5.74) is 12.5. The van der Waals surface area contributed by atoms with Crippen molar-refractivity contribution in [2.45, 2.75) is 49.1 Å². The largest absolute Gasteiger partial charge is 0.472 e. The Labute approximate surface area is 228 Å². The van der Waals surface area contributed by atoms with E-state index in [1.807, 2.05) is 0 Å². The third-order valence-electron chi connectivity index (χ3n) is 6.81. The maximum atomic E-state index is 12.9. The molecule has 6 rings (SSSR count). The van der Waals surface area contributed by atoms with E-state index in [0.717, 1.165) is 0 Å². The van der Waals surface area contributed by atoms with E-state index in [4.69, 9.17) is 30.0 Å². The highest BCUT2D eigenvalue weighted by Crippen LogP contribution is 2.49. The van der Waals surface area contributed by atoms with Gasteiger partial charge in [-0.15, -0.1) is 0 Å². The number of hydrogen-bond donors (Lipinski definition) is 7. The molecule has 2 aliphatic rings. The van der Waals surface area contributed by atoms with Crippen LogP contribution < -0.4 is 11.5 Å². The molecule has 220 valence electrons. The van der Waals surface area contributed by atoms with E-state index in [0.29, 0.717) is 0 Å². The molecule has 4 aromatic heterocycles. The summed E-state index contributed by atoms with van der Waals surface area (Å²) in [5.74, 6) is 0.184. The molecule has 2 fully saturated rings. The number of ether oxygens (including phenoxy) is 2. The summed E-state index contributed by atoms with van der Waals surface area (Å²) >= 11 is 0. The smallest absolute Gasteiger partial charge is 0.394 e. The molecule has 0 aliphatic carbocycles. The zero-order valence-electron chi connectivity index (χ0n) is 20.8. The lowest BCUT2D eigenvalue weighted by Crippen LogP contribution is -2.36. The van der Waals surface area contributed by atoms with Crippen molar-refractivity contribution in [3.05, 3.63) is 25.3 Å². The van der Waals surface area contributed by atoms with Crippen LogP contribution in [0, 0.1) is 0 Å². The summed E-state index contributed by atoms with van der Waals surface area (Å²) in [5, 5.41) is 41.8. The normalized spacial score (nSPS) is 31.7. The third kappa shape index (κ3) is 4.78. The lowest BCUT2D eigenvalue weighted by molar-refractivity contribution is -0.0585. The van der Waals surface area contributed by atoms with Crippen LogP contribution in [-0.4, -0.2) is 114 Å². The number of phosphoric acid groups is 1. The second-order valence-electron chi connectivity index (χ2n) is 9.28. The topological polar surface area (TPSA) is 294 Å². The van der Waals surface area contributed by atoms with Gasteiger partial charge in [0.2, 0.25) is 0 Å². The number of aromatic nitrogens is 8. The maximum absolute atomic E-state index is 12.9. The molecule has 9 atom stereocenters. The predicted octanol–water partition coefficient (Wildman–Crippen LogP) is -2.80. The molecule has 0 bridgehead atoms. The standard InChI is InChI=1S/C20H25N10O10P/c21-15-9-17(25-3-23-15)29(5-27-9)19-12(33)11(32)8(39-19)2-37-41(35,36)40-14-7(1-31)38-20(13(14)34)30-6-28-10-16(22)24-4-26-18(10)30/h3-8,11-14,19-20,31-34H,1-2H2,(H,35,36)(H2,21,23,25)(H2,22,24,26)/t7-,8-,11-,12-,13-,14-,19?,20-/m1/s1. The predicted molar refractivity (Wildman–Crippen MR) is 133 cm³/mol. The van der Waals surface area contributed by atoms with Gasteiger partial charge in [0, 0.05) is 0 Å². The Kier molecular flexibility index (Phi) is 7.06. The number of aliphatic hydroxyl groups is 4. The average Bonchev–Trinajstić information content (AvgIpc) is 3.70. The van der Waals surface area contributed by atoms with Gasteiger partial charge in [0.1, 0.15) is 60.3 Å². The average molecular weight is 596 g/mol. The van der Waals surface area contributed by atoms with Gasteiger partial charge < -0.3 is 46.3 Å².